The van der Waals surface area contributed by atoms with Crippen molar-refractivity contribution < 1.29 is 4.79 Å². The summed E-state index contributed by atoms with van der Waals surface area (Å²) in [6.07, 6.45) is 6.32. The molecule has 5 nitrogen and oxygen atoms in total. The number of nitrogens with zero attached hydrogens (tertiary/aromatic N) is 3. The average molecular weight is 353 g/mol. The summed E-state index contributed by atoms with van der Waals surface area (Å²) in [6.45, 7) is 1.94. The van der Waals surface area contributed by atoms with Gasteiger partial charge in [-0.15, -0.1) is 0 Å². The summed E-state index contributed by atoms with van der Waals surface area (Å²) in [7, 11) is 0. The fourth-order valence-electron chi connectivity index (χ4n) is 2.38. The zero-order chi connectivity index (χ0) is 17.6. The van der Waals surface area contributed by atoms with Gasteiger partial charge in [0.1, 0.15) is 12.7 Å². The van der Waals surface area contributed by atoms with Gasteiger partial charge in [-0.3, -0.25) is 4.79 Å². The lowest BCUT2D eigenvalue weighted by atomic mass is 10.1. The van der Waals surface area contributed by atoms with E-state index in [0.717, 1.165) is 16.8 Å². The van der Waals surface area contributed by atoms with Gasteiger partial charge in [0.05, 0.1) is 11.7 Å². The maximum Gasteiger partial charge on any atom is 0.244 e. The maximum absolute atomic E-state index is 12.1. The molecule has 0 saturated heterocycles. The second kappa shape index (κ2) is 7.77. The van der Waals surface area contributed by atoms with Crippen LogP contribution in [0.4, 0.5) is 0 Å². The number of rotatable bonds is 5. The van der Waals surface area contributed by atoms with Crippen LogP contribution in [0.2, 0.25) is 5.02 Å². The van der Waals surface area contributed by atoms with Crippen molar-refractivity contribution in [1.82, 2.24) is 20.1 Å². The quantitative estimate of drug-likeness (QED) is 0.710. The molecule has 1 aromatic heterocycles. The smallest absolute Gasteiger partial charge is 0.244 e. The monoisotopic (exact) mass is 352 g/mol. The van der Waals surface area contributed by atoms with E-state index in [1.165, 1.54) is 12.4 Å². The zero-order valence-corrected chi connectivity index (χ0v) is 14.4. The minimum atomic E-state index is -0.173. The van der Waals surface area contributed by atoms with Crippen LogP contribution < -0.4 is 5.32 Å². The summed E-state index contributed by atoms with van der Waals surface area (Å²) in [6, 6.07) is 15.1. The van der Waals surface area contributed by atoms with Crippen LogP contribution >= 0.6 is 11.6 Å². The molecule has 0 spiro atoms. The molecule has 1 heterocycles. The number of carbonyl (C=O) groups excluding carboxylic acids is 1. The lowest BCUT2D eigenvalue weighted by Crippen LogP contribution is -2.24. The highest BCUT2D eigenvalue weighted by Gasteiger charge is 2.08. The van der Waals surface area contributed by atoms with E-state index < -0.39 is 0 Å². The Bertz CT molecular complexity index is 873. The number of halogens is 1. The van der Waals surface area contributed by atoms with Crippen LogP contribution in [0, 0.1) is 0 Å². The Morgan fingerprint density at radius 2 is 1.96 bits per heavy atom. The Morgan fingerprint density at radius 1 is 1.20 bits per heavy atom. The predicted octanol–water partition coefficient (Wildman–Crippen LogP) is 3.81. The molecule has 6 heteroatoms. The van der Waals surface area contributed by atoms with Gasteiger partial charge in [-0.25, -0.2) is 9.67 Å². The highest BCUT2D eigenvalue weighted by molar-refractivity contribution is 6.32. The summed E-state index contributed by atoms with van der Waals surface area (Å²) < 4.78 is 1.68. The van der Waals surface area contributed by atoms with E-state index in [9.17, 15) is 4.79 Å². The molecule has 0 aliphatic carbocycles. The molecule has 0 aliphatic rings. The Hall–Kier alpha value is -2.92. The fraction of sp³-hybridized carbons (Fsp3) is 0.105. The number of nitrogens with one attached hydrogen (secondary N) is 1. The van der Waals surface area contributed by atoms with Gasteiger partial charge in [-0.1, -0.05) is 41.9 Å². The summed E-state index contributed by atoms with van der Waals surface area (Å²) in [5.74, 6) is -0.173. The van der Waals surface area contributed by atoms with Crippen LogP contribution in [0.1, 0.15) is 24.1 Å². The topological polar surface area (TPSA) is 59.8 Å². The number of hydrogen-bond donors (Lipinski definition) is 1. The molecule has 3 aromatic rings. The minimum absolute atomic E-state index is 0.117. The van der Waals surface area contributed by atoms with Crippen LogP contribution in [0.25, 0.3) is 11.8 Å². The highest BCUT2D eigenvalue weighted by Crippen LogP contribution is 2.17. The largest absolute Gasteiger partial charge is 0.346 e. The van der Waals surface area contributed by atoms with E-state index in [0.29, 0.717) is 5.02 Å². The van der Waals surface area contributed by atoms with Gasteiger partial charge < -0.3 is 5.32 Å². The van der Waals surface area contributed by atoms with Crippen molar-refractivity contribution in [2.75, 3.05) is 0 Å². The summed E-state index contributed by atoms with van der Waals surface area (Å²) in [5.41, 5.74) is 2.73. The Kier molecular flexibility index (Phi) is 5.26. The second-order valence-electron chi connectivity index (χ2n) is 5.52. The van der Waals surface area contributed by atoms with Crippen LogP contribution in [0.3, 0.4) is 0 Å². The molecule has 0 saturated carbocycles. The number of amides is 1. The normalized spacial score (nSPS) is 12.2. The van der Waals surface area contributed by atoms with Gasteiger partial charge in [-0.05, 0) is 42.3 Å². The van der Waals surface area contributed by atoms with Crippen LogP contribution in [-0.4, -0.2) is 20.7 Å². The van der Waals surface area contributed by atoms with Crippen molar-refractivity contribution in [1.29, 1.82) is 0 Å². The van der Waals surface area contributed by atoms with E-state index in [-0.39, 0.29) is 11.9 Å². The van der Waals surface area contributed by atoms with Crippen molar-refractivity contribution in [3.05, 3.63) is 83.4 Å². The lowest BCUT2D eigenvalue weighted by Gasteiger charge is -2.13. The van der Waals surface area contributed by atoms with Gasteiger partial charge in [0.2, 0.25) is 5.91 Å². The Labute approximate surface area is 151 Å². The molecule has 0 aliphatic heterocycles. The molecule has 0 bridgehead atoms. The first-order valence-electron chi connectivity index (χ1n) is 7.81. The molecule has 1 N–H and O–H groups in total. The number of carbonyl (C=O) groups is 1. The average Bonchev–Trinajstić information content (AvgIpc) is 3.16. The number of aromatic nitrogens is 3. The van der Waals surface area contributed by atoms with E-state index in [1.807, 2.05) is 49.4 Å². The van der Waals surface area contributed by atoms with Crippen molar-refractivity contribution in [3.63, 3.8) is 0 Å². The molecule has 1 amide bonds. The first-order valence-corrected chi connectivity index (χ1v) is 8.19. The number of hydrogen-bond acceptors (Lipinski definition) is 3. The SMILES string of the molecule is C[C@H](NC(=O)/C=C/c1ccccc1Cl)c1ccc(-n2cncn2)cc1. The van der Waals surface area contributed by atoms with E-state index >= 15 is 0 Å². The molecule has 3 rings (SSSR count). The van der Waals surface area contributed by atoms with Crippen LogP contribution in [0.15, 0.2) is 67.3 Å². The van der Waals surface area contributed by atoms with E-state index in [1.54, 1.807) is 23.2 Å². The first kappa shape index (κ1) is 16.9. The van der Waals surface area contributed by atoms with E-state index in [4.69, 9.17) is 11.6 Å². The standard InChI is InChI=1S/C19H17ClN4O/c1-14(15-6-9-17(10-7-15)24-13-21-12-22-24)23-19(25)11-8-16-4-2-3-5-18(16)20/h2-14H,1H3,(H,23,25)/b11-8+/t14-/m0/s1. The third-order valence-corrected chi connectivity index (χ3v) is 4.10. The predicted molar refractivity (Wildman–Crippen MR) is 98.4 cm³/mol. The van der Waals surface area contributed by atoms with Crippen molar-refractivity contribution in [2.45, 2.75) is 13.0 Å². The summed E-state index contributed by atoms with van der Waals surface area (Å²) >= 11 is 6.07. The molecule has 25 heavy (non-hydrogen) atoms. The van der Waals surface area contributed by atoms with Gasteiger partial charge in [0.25, 0.3) is 0 Å². The molecule has 0 radical (unpaired) electrons. The van der Waals surface area contributed by atoms with E-state index in [2.05, 4.69) is 15.4 Å². The molecular formula is C19H17ClN4O. The fourth-order valence-corrected chi connectivity index (χ4v) is 2.58. The third-order valence-electron chi connectivity index (χ3n) is 3.75. The summed E-state index contributed by atoms with van der Waals surface area (Å²) in [4.78, 5) is 16.0. The van der Waals surface area contributed by atoms with Gasteiger partial charge in [0, 0.05) is 11.1 Å². The van der Waals surface area contributed by atoms with Crippen molar-refractivity contribution >= 4 is 23.6 Å². The molecule has 0 fully saturated rings. The molecule has 126 valence electrons. The number of benzene rings is 2. The minimum Gasteiger partial charge on any atom is -0.346 e. The summed E-state index contributed by atoms with van der Waals surface area (Å²) in [5, 5.41) is 7.64. The van der Waals surface area contributed by atoms with Crippen molar-refractivity contribution in [2.24, 2.45) is 0 Å². The molecular weight excluding hydrogens is 336 g/mol. The van der Waals surface area contributed by atoms with Crippen molar-refractivity contribution in [3.8, 4) is 5.69 Å². The second-order valence-corrected chi connectivity index (χ2v) is 5.92. The Balaban J connectivity index is 1.62. The van der Waals surface area contributed by atoms with Crippen LogP contribution in [-0.2, 0) is 4.79 Å². The molecule has 0 unspecified atom stereocenters. The van der Waals surface area contributed by atoms with Gasteiger partial charge in [-0.2, -0.15) is 5.10 Å². The van der Waals surface area contributed by atoms with Gasteiger partial charge in [0.15, 0.2) is 0 Å². The van der Waals surface area contributed by atoms with Gasteiger partial charge >= 0.3 is 0 Å². The maximum atomic E-state index is 12.1. The first-order chi connectivity index (χ1) is 12.1. The molecule has 1 atom stereocenters. The van der Waals surface area contributed by atoms with Crippen LogP contribution in [0.5, 0.6) is 0 Å². The lowest BCUT2D eigenvalue weighted by molar-refractivity contribution is -0.117. The third kappa shape index (κ3) is 4.33. The zero-order valence-electron chi connectivity index (χ0n) is 13.6. The Morgan fingerprint density at radius 3 is 2.64 bits per heavy atom. The highest BCUT2D eigenvalue weighted by atomic mass is 35.5. The molecule has 2 aromatic carbocycles.